The van der Waals surface area contributed by atoms with Gasteiger partial charge in [0.1, 0.15) is 0 Å². The van der Waals surface area contributed by atoms with Crippen LogP contribution in [0.2, 0.25) is 0 Å². The highest BCUT2D eigenvalue weighted by Crippen LogP contribution is 2.38. The first kappa shape index (κ1) is 16.4. The fourth-order valence-corrected chi connectivity index (χ4v) is 5.69. The summed E-state index contributed by atoms with van der Waals surface area (Å²) in [5.41, 5.74) is 1.66. The van der Waals surface area contributed by atoms with Crippen LogP contribution < -0.4 is 0 Å². The number of carbonyl (C=O) groups is 1. The topological polar surface area (TPSA) is 54.5 Å². The van der Waals surface area contributed by atoms with E-state index >= 15 is 0 Å². The molecule has 23 heavy (non-hydrogen) atoms. The zero-order valence-corrected chi connectivity index (χ0v) is 14.8. The molecule has 1 aliphatic rings. The second-order valence-corrected chi connectivity index (χ2v) is 8.56. The fraction of sp³-hybridized carbons (Fsp3) is 0.353. The summed E-state index contributed by atoms with van der Waals surface area (Å²) < 4.78 is 27.6. The van der Waals surface area contributed by atoms with Crippen molar-refractivity contribution in [1.82, 2.24) is 4.31 Å². The molecule has 0 amide bonds. The highest BCUT2D eigenvalue weighted by atomic mass is 32.2. The third-order valence-corrected chi connectivity index (χ3v) is 7.22. The summed E-state index contributed by atoms with van der Waals surface area (Å²) in [6.45, 7) is 3.99. The second-order valence-electron chi connectivity index (χ2n) is 5.67. The minimum atomic E-state index is -3.56. The molecule has 1 aliphatic heterocycles. The molecule has 3 rings (SSSR count). The number of hydrogen-bond donors (Lipinski definition) is 0. The van der Waals surface area contributed by atoms with Crippen LogP contribution in [0.4, 0.5) is 0 Å². The number of sulfonamides is 1. The van der Waals surface area contributed by atoms with E-state index in [4.69, 9.17) is 0 Å². The summed E-state index contributed by atoms with van der Waals surface area (Å²) in [5.74, 6) is -0.0683. The van der Waals surface area contributed by atoms with Gasteiger partial charge in [-0.2, -0.15) is 4.31 Å². The largest absolute Gasteiger partial charge is 0.295 e. The van der Waals surface area contributed by atoms with Crippen molar-refractivity contribution in [2.24, 2.45) is 0 Å². The Morgan fingerprint density at radius 3 is 2.57 bits per heavy atom. The molecule has 2 aromatic rings. The molecule has 1 aromatic carbocycles. The van der Waals surface area contributed by atoms with Gasteiger partial charge in [0.15, 0.2) is 5.78 Å². The first-order chi connectivity index (χ1) is 10.9. The van der Waals surface area contributed by atoms with Crippen LogP contribution in [0.3, 0.4) is 0 Å². The first-order valence-corrected chi connectivity index (χ1v) is 9.96. The molecule has 0 radical (unpaired) electrons. The fourth-order valence-electron chi connectivity index (χ4n) is 3.08. The highest BCUT2D eigenvalue weighted by molar-refractivity contribution is 7.89. The Hall–Kier alpha value is -1.50. The number of carbonyl (C=O) groups excluding carboxylic acids is 1. The van der Waals surface area contributed by atoms with Gasteiger partial charge in [-0.1, -0.05) is 19.1 Å². The third kappa shape index (κ3) is 2.86. The van der Waals surface area contributed by atoms with E-state index in [1.54, 1.807) is 27.8 Å². The lowest BCUT2D eigenvalue weighted by Gasteiger charge is -2.34. The van der Waals surface area contributed by atoms with Crippen LogP contribution >= 0.6 is 11.3 Å². The van der Waals surface area contributed by atoms with E-state index in [-0.39, 0.29) is 16.7 Å². The maximum Gasteiger partial charge on any atom is 0.243 e. The van der Waals surface area contributed by atoms with Crippen molar-refractivity contribution in [3.8, 4) is 0 Å². The van der Waals surface area contributed by atoms with E-state index < -0.39 is 10.0 Å². The van der Waals surface area contributed by atoms with Gasteiger partial charge in [-0.3, -0.25) is 4.79 Å². The number of Topliss-reactive ketones (excluding diaryl/α,β-unsaturated/α-hetero) is 1. The van der Waals surface area contributed by atoms with Crippen LogP contribution in [0.25, 0.3) is 0 Å². The number of nitrogens with zero attached hydrogens (tertiary/aromatic N) is 1. The molecule has 0 saturated heterocycles. The maximum absolute atomic E-state index is 13.0. The first-order valence-electron chi connectivity index (χ1n) is 7.64. The lowest BCUT2D eigenvalue weighted by molar-refractivity contribution is 0.101. The smallest absolute Gasteiger partial charge is 0.243 e. The van der Waals surface area contributed by atoms with Crippen LogP contribution in [0.15, 0.2) is 40.6 Å². The lowest BCUT2D eigenvalue weighted by atomic mass is 10.0. The van der Waals surface area contributed by atoms with E-state index in [2.05, 4.69) is 0 Å². The van der Waals surface area contributed by atoms with E-state index in [9.17, 15) is 13.2 Å². The molecule has 1 aromatic heterocycles. The highest BCUT2D eigenvalue weighted by Gasteiger charge is 2.35. The summed E-state index contributed by atoms with van der Waals surface area (Å²) in [6.07, 6.45) is 1.50. The molecule has 1 atom stereocenters. The van der Waals surface area contributed by atoms with Crippen molar-refractivity contribution in [3.05, 3.63) is 51.7 Å². The minimum Gasteiger partial charge on any atom is -0.295 e. The zero-order chi connectivity index (χ0) is 16.6. The number of rotatable bonds is 4. The summed E-state index contributed by atoms with van der Waals surface area (Å²) in [6, 6.07) is 8.15. The maximum atomic E-state index is 13.0. The SMILES string of the molecule is CCC1c2ccsc2CCN1S(=O)(=O)c1ccc(C(C)=O)cc1. The van der Waals surface area contributed by atoms with Crippen LogP contribution in [0, 0.1) is 0 Å². The minimum absolute atomic E-state index is 0.0683. The Morgan fingerprint density at radius 2 is 1.96 bits per heavy atom. The lowest BCUT2D eigenvalue weighted by Crippen LogP contribution is -2.39. The van der Waals surface area contributed by atoms with E-state index in [0.29, 0.717) is 12.1 Å². The molecule has 1 unspecified atom stereocenters. The van der Waals surface area contributed by atoms with Gasteiger partial charge in [-0.05, 0) is 48.9 Å². The molecular formula is C17H19NO3S2. The normalized spacial score (nSPS) is 18.6. The van der Waals surface area contributed by atoms with Gasteiger partial charge in [0, 0.05) is 17.0 Å². The zero-order valence-electron chi connectivity index (χ0n) is 13.2. The Kier molecular flexibility index (Phi) is 4.40. The number of hydrogen-bond acceptors (Lipinski definition) is 4. The summed E-state index contributed by atoms with van der Waals surface area (Å²) in [4.78, 5) is 12.9. The Balaban J connectivity index is 1.97. The molecule has 122 valence electrons. The quantitative estimate of drug-likeness (QED) is 0.792. The van der Waals surface area contributed by atoms with Crippen molar-refractivity contribution in [3.63, 3.8) is 0 Å². The van der Waals surface area contributed by atoms with Gasteiger partial charge >= 0.3 is 0 Å². The third-order valence-electron chi connectivity index (χ3n) is 4.30. The molecule has 0 saturated carbocycles. The van der Waals surface area contributed by atoms with Crippen LogP contribution in [-0.4, -0.2) is 25.1 Å². The molecule has 0 aliphatic carbocycles. The van der Waals surface area contributed by atoms with Gasteiger partial charge in [0.05, 0.1) is 10.9 Å². The van der Waals surface area contributed by atoms with Gasteiger partial charge in [-0.25, -0.2) is 8.42 Å². The van der Waals surface area contributed by atoms with Gasteiger partial charge < -0.3 is 0 Å². The van der Waals surface area contributed by atoms with Crippen LogP contribution in [0.1, 0.15) is 47.1 Å². The summed E-state index contributed by atoms with van der Waals surface area (Å²) in [5, 5.41) is 2.03. The predicted molar refractivity (Wildman–Crippen MR) is 91.4 cm³/mol. The van der Waals surface area contributed by atoms with Crippen LogP contribution in [-0.2, 0) is 16.4 Å². The van der Waals surface area contributed by atoms with Crippen molar-refractivity contribution >= 4 is 27.1 Å². The van der Waals surface area contributed by atoms with E-state index in [1.807, 2.05) is 18.4 Å². The van der Waals surface area contributed by atoms with Crippen molar-refractivity contribution in [2.45, 2.75) is 37.6 Å². The monoisotopic (exact) mass is 349 g/mol. The standard InChI is InChI=1S/C17H19NO3S2/c1-3-16-15-9-11-22-17(15)8-10-18(16)23(20,21)14-6-4-13(5-7-14)12(2)19/h4-7,9,11,16H,3,8,10H2,1-2H3. The number of benzene rings is 1. The van der Waals surface area contributed by atoms with Crippen LogP contribution in [0.5, 0.6) is 0 Å². The van der Waals surface area contributed by atoms with E-state index in [1.165, 1.54) is 23.9 Å². The molecule has 4 nitrogen and oxygen atoms in total. The Labute approximate surface area is 140 Å². The van der Waals surface area contributed by atoms with Gasteiger partial charge in [0.2, 0.25) is 10.0 Å². The van der Waals surface area contributed by atoms with E-state index in [0.717, 1.165) is 18.4 Å². The number of ketones is 1. The summed E-state index contributed by atoms with van der Waals surface area (Å²) >= 11 is 1.70. The predicted octanol–water partition coefficient (Wildman–Crippen LogP) is 3.65. The van der Waals surface area contributed by atoms with Crippen molar-refractivity contribution < 1.29 is 13.2 Å². The summed E-state index contributed by atoms with van der Waals surface area (Å²) in [7, 11) is -3.56. The Bertz CT molecular complexity index is 822. The van der Waals surface area contributed by atoms with Gasteiger partial charge in [0.25, 0.3) is 0 Å². The van der Waals surface area contributed by atoms with Gasteiger partial charge in [-0.15, -0.1) is 11.3 Å². The second kappa shape index (κ2) is 6.19. The number of thiophene rings is 1. The average molecular weight is 349 g/mol. The molecular weight excluding hydrogens is 330 g/mol. The molecule has 2 heterocycles. The Morgan fingerprint density at radius 1 is 1.26 bits per heavy atom. The molecule has 6 heteroatoms. The molecule has 0 N–H and O–H groups in total. The molecule has 0 bridgehead atoms. The number of fused-ring (bicyclic) bond motifs is 1. The molecule has 0 fully saturated rings. The average Bonchev–Trinajstić information content (AvgIpc) is 3.02. The van der Waals surface area contributed by atoms with Crippen molar-refractivity contribution in [1.29, 1.82) is 0 Å². The molecule has 0 spiro atoms. The van der Waals surface area contributed by atoms with Crippen molar-refractivity contribution in [2.75, 3.05) is 6.54 Å².